The molecule has 3 heterocycles. The van der Waals surface area contributed by atoms with Crippen LogP contribution in [-0.4, -0.2) is 15.0 Å². The highest BCUT2D eigenvalue weighted by molar-refractivity contribution is 6.03. The molecular weight excluding hydrogens is 352 g/mol. The molecule has 0 spiro atoms. The van der Waals surface area contributed by atoms with Crippen LogP contribution in [0.15, 0.2) is 82.3 Å². The molecule has 6 heteroatoms. The van der Waals surface area contributed by atoms with E-state index >= 15 is 0 Å². The summed E-state index contributed by atoms with van der Waals surface area (Å²) in [7, 11) is 0. The van der Waals surface area contributed by atoms with Gasteiger partial charge >= 0.3 is 0 Å². The Labute approximate surface area is 159 Å². The summed E-state index contributed by atoms with van der Waals surface area (Å²) in [5.74, 6) is 1.11. The van der Waals surface area contributed by atoms with Gasteiger partial charge in [0.15, 0.2) is 5.65 Å². The van der Waals surface area contributed by atoms with Crippen molar-refractivity contribution in [3.8, 4) is 11.1 Å². The SMILES string of the molecule is O=c1[nH]c(NCc2ccco2)nc2nccc(-c3cccc4ccccc34)c12. The first-order valence-electron chi connectivity index (χ1n) is 8.93. The third kappa shape index (κ3) is 2.81. The second-order valence-corrected chi connectivity index (χ2v) is 6.43. The van der Waals surface area contributed by atoms with Crippen LogP contribution >= 0.6 is 0 Å². The molecule has 28 heavy (non-hydrogen) atoms. The number of pyridine rings is 1. The fraction of sp³-hybridized carbons (Fsp3) is 0.0455. The second kappa shape index (κ2) is 6.66. The number of hydrogen-bond acceptors (Lipinski definition) is 5. The van der Waals surface area contributed by atoms with Crippen molar-refractivity contribution in [2.75, 3.05) is 5.32 Å². The van der Waals surface area contributed by atoms with Crippen LogP contribution in [0.3, 0.4) is 0 Å². The van der Waals surface area contributed by atoms with Crippen molar-refractivity contribution in [3.63, 3.8) is 0 Å². The number of anilines is 1. The number of rotatable bonds is 4. The Hall–Kier alpha value is -3.93. The third-order valence-electron chi connectivity index (χ3n) is 4.70. The summed E-state index contributed by atoms with van der Waals surface area (Å²) in [5.41, 5.74) is 1.96. The van der Waals surface area contributed by atoms with Crippen molar-refractivity contribution >= 4 is 27.8 Å². The van der Waals surface area contributed by atoms with E-state index in [-0.39, 0.29) is 5.56 Å². The number of fused-ring (bicyclic) bond motifs is 2. The maximum atomic E-state index is 12.9. The molecule has 0 aliphatic carbocycles. The van der Waals surface area contributed by atoms with E-state index in [1.807, 2.05) is 42.5 Å². The van der Waals surface area contributed by atoms with Crippen LogP contribution in [0, 0.1) is 0 Å². The van der Waals surface area contributed by atoms with E-state index in [2.05, 4.69) is 38.5 Å². The van der Waals surface area contributed by atoms with Gasteiger partial charge in [0.1, 0.15) is 5.76 Å². The molecule has 0 fully saturated rings. The molecule has 0 radical (unpaired) electrons. The largest absolute Gasteiger partial charge is 0.467 e. The van der Waals surface area contributed by atoms with E-state index < -0.39 is 0 Å². The van der Waals surface area contributed by atoms with E-state index in [0.29, 0.717) is 23.5 Å². The zero-order valence-corrected chi connectivity index (χ0v) is 14.8. The zero-order chi connectivity index (χ0) is 18.9. The molecule has 0 bridgehead atoms. The number of aromatic amines is 1. The predicted octanol–water partition coefficient (Wildman–Crippen LogP) is 4.34. The third-order valence-corrected chi connectivity index (χ3v) is 4.70. The molecule has 2 N–H and O–H groups in total. The molecule has 5 aromatic rings. The lowest BCUT2D eigenvalue weighted by molar-refractivity contribution is 0.517. The van der Waals surface area contributed by atoms with Gasteiger partial charge in [-0.2, -0.15) is 4.98 Å². The summed E-state index contributed by atoms with van der Waals surface area (Å²) < 4.78 is 5.29. The smallest absolute Gasteiger partial charge is 0.262 e. The molecule has 136 valence electrons. The first-order chi connectivity index (χ1) is 13.8. The molecule has 0 aliphatic rings. The Bertz CT molecular complexity index is 1330. The molecule has 0 saturated heterocycles. The highest BCUT2D eigenvalue weighted by atomic mass is 16.3. The zero-order valence-electron chi connectivity index (χ0n) is 14.8. The van der Waals surface area contributed by atoms with Gasteiger partial charge in [-0.3, -0.25) is 9.78 Å². The lowest BCUT2D eigenvalue weighted by Gasteiger charge is -2.10. The average Bonchev–Trinajstić information content (AvgIpc) is 3.25. The molecular formula is C22H16N4O2. The van der Waals surface area contributed by atoms with Gasteiger partial charge < -0.3 is 9.73 Å². The van der Waals surface area contributed by atoms with Crippen molar-refractivity contribution in [2.24, 2.45) is 0 Å². The number of nitrogens with one attached hydrogen (secondary N) is 2. The highest BCUT2D eigenvalue weighted by Crippen LogP contribution is 2.31. The lowest BCUT2D eigenvalue weighted by atomic mass is 9.97. The number of aromatic nitrogens is 3. The van der Waals surface area contributed by atoms with Gasteiger partial charge in [-0.05, 0) is 34.5 Å². The van der Waals surface area contributed by atoms with Crippen molar-refractivity contribution < 1.29 is 4.42 Å². The molecule has 0 aliphatic heterocycles. The van der Waals surface area contributed by atoms with Crippen LogP contribution < -0.4 is 10.9 Å². The van der Waals surface area contributed by atoms with Crippen molar-refractivity contribution in [1.29, 1.82) is 0 Å². The molecule has 0 atom stereocenters. The van der Waals surface area contributed by atoms with E-state index in [0.717, 1.165) is 27.7 Å². The minimum Gasteiger partial charge on any atom is -0.467 e. The number of benzene rings is 2. The summed E-state index contributed by atoms with van der Waals surface area (Å²) in [6.45, 7) is 0.421. The summed E-state index contributed by atoms with van der Waals surface area (Å²) in [6.07, 6.45) is 3.29. The van der Waals surface area contributed by atoms with Crippen molar-refractivity contribution in [3.05, 3.63) is 89.2 Å². The van der Waals surface area contributed by atoms with Gasteiger partial charge in [0, 0.05) is 11.8 Å². The molecule has 0 unspecified atom stereocenters. The number of nitrogens with zero attached hydrogens (tertiary/aromatic N) is 2. The minimum absolute atomic E-state index is 0.233. The molecule has 0 saturated carbocycles. The van der Waals surface area contributed by atoms with Crippen LogP contribution in [0.5, 0.6) is 0 Å². The number of hydrogen-bond donors (Lipinski definition) is 2. The second-order valence-electron chi connectivity index (χ2n) is 6.43. The fourth-order valence-electron chi connectivity index (χ4n) is 3.42. The Morgan fingerprint density at radius 3 is 2.75 bits per heavy atom. The van der Waals surface area contributed by atoms with E-state index in [1.54, 1.807) is 12.5 Å². The first kappa shape index (κ1) is 16.3. The number of H-pyrrole nitrogens is 1. The topological polar surface area (TPSA) is 83.8 Å². The van der Waals surface area contributed by atoms with Gasteiger partial charge in [0.05, 0.1) is 18.2 Å². The lowest BCUT2D eigenvalue weighted by Crippen LogP contribution is -2.14. The summed E-state index contributed by atoms with van der Waals surface area (Å²) in [4.78, 5) is 24.5. The standard InChI is InChI=1S/C22H16N4O2/c27-21-19-18(17-9-3-6-14-5-1-2-8-16(14)17)10-11-23-20(19)25-22(26-21)24-13-15-7-4-12-28-15/h1-12H,13H2,(H2,23,24,25,26,27). The Morgan fingerprint density at radius 2 is 1.86 bits per heavy atom. The van der Waals surface area contributed by atoms with E-state index in [9.17, 15) is 4.79 Å². The first-order valence-corrected chi connectivity index (χ1v) is 8.93. The van der Waals surface area contributed by atoms with Crippen molar-refractivity contribution in [1.82, 2.24) is 15.0 Å². The summed E-state index contributed by atoms with van der Waals surface area (Å²) >= 11 is 0. The van der Waals surface area contributed by atoms with Gasteiger partial charge in [-0.25, -0.2) is 4.98 Å². The van der Waals surface area contributed by atoms with Crippen LogP contribution in [-0.2, 0) is 6.54 Å². The molecule has 5 rings (SSSR count). The van der Waals surface area contributed by atoms with Gasteiger partial charge in [0.2, 0.25) is 5.95 Å². The predicted molar refractivity (Wildman–Crippen MR) is 109 cm³/mol. The van der Waals surface area contributed by atoms with Crippen LogP contribution in [0.1, 0.15) is 5.76 Å². The fourth-order valence-corrected chi connectivity index (χ4v) is 3.42. The van der Waals surface area contributed by atoms with E-state index in [1.165, 1.54) is 0 Å². The van der Waals surface area contributed by atoms with Crippen LogP contribution in [0.2, 0.25) is 0 Å². The molecule has 0 amide bonds. The highest BCUT2D eigenvalue weighted by Gasteiger charge is 2.13. The maximum absolute atomic E-state index is 12.9. The Balaban J connectivity index is 1.64. The normalized spacial score (nSPS) is 11.1. The molecule has 3 aromatic heterocycles. The Kier molecular flexibility index (Phi) is 3.87. The summed E-state index contributed by atoms with van der Waals surface area (Å²) in [5, 5.41) is 5.74. The summed E-state index contributed by atoms with van der Waals surface area (Å²) in [6, 6.07) is 19.7. The maximum Gasteiger partial charge on any atom is 0.262 e. The number of furan rings is 1. The molecule has 2 aromatic carbocycles. The minimum atomic E-state index is -0.233. The monoisotopic (exact) mass is 368 g/mol. The van der Waals surface area contributed by atoms with Gasteiger partial charge in [-0.1, -0.05) is 42.5 Å². The van der Waals surface area contributed by atoms with Gasteiger partial charge in [-0.15, -0.1) is 0 Å². The average molecular weight is 368 g/mol. The Morgan fingerprint density at radius 1 is 0.964 bits per heavy atom. The van der Waals surface area contributed by atoms with Crippen molar-refractivity contribution in [2.45, 2.75) is 6.54 Å². The van der Waals surface area contributed by atoms with Crippen LogP contribution in [0.4, 0.5) is 5.95 Å². The van der Waals surface area contributed by atoms with Crippen LogP contribution in [0.25, 0.3) is 32.9 Å². The van der Waals surface area contributed by atoms with E-state index in [4.69, 9.17) is 4.42 Å². The van der Waals surface area contributed by atoms with Gasteiger partial charge in [0.25, 0.3) is 5.56 Å². The molecule has 6 nitrogen and oxygen atoms in total. The quantitative estimate of drug-likeness (QED) is 0.493.